The maximum atomic E-state index is 12.0. The van der Waals surface area contributed by atoms with E-state index in [4.69, 9.17) is 0 Å². The Morgan fingerprint density at radius 1 is 1.14 bits per heavy atom. The molecule has 1 aromatic rings. The molecule has 1 unspecified atom stereocenters. The number of nitrogens with one attached hydrogen (secondary N) is 2. The summed E-state index contributed by atoms with van der Waals surface area (Å²) in [6.45, 7) is 6.71. The SMILES string of the molecule is CCC(C)NC(=O)CN(C(C)=O)c1ccc(NC(C)=O)cc1. The molecular weight excluding hydrogens is 282 g/mol. The van der Waals surface area contributed by atoms with Crippen molar-refractivity contribution in [2.45, 2.75) is 40.2 Å². The predicted octanol–water partition coefficient (Wildman–Crippen LogP) is 1.91. The molecule has 0 spiro atoms. The highest BCUT2D eigenvalue weighted by Crippen LogP contribution is 2.18. The molecule has 0 saturated heterocycles. The summed E-state index contributed by atoms with van der Waals surface area (Å²) < 4.78 is 0. The number of hydrogen-bond donors (Lipinski definition) is 2. The quantitative estimate of drug-likeness (QED) is 0.842. The van der Waals surface area contributed by atoms with Crippen LogP contribution in [0.25, 0.3) is 0 Å². The van der Waals surface area contributed by atoms with Crippen LogP contribution in [-0.4, -0.2) is 30.3 Å². The zero-order chi connectivity index (χ0) is 16.7. The summed E-state index contributed by atoms with van der Waals surface area (Å²) in [4.78, 5) is 36.1. The van der Waals surface area contributed by atoms with Gasteiger partial charge in [-0.05, 0) is 37.6 Å². The summed E-state index contributed by atoms with van der Waals surface area (Å²) in [6.07, 6.45) is 0.831. The van der Waals surface area contributed by atoms with Gasteiger partial charge in [0.25, 0.3) is 0 Å². The summed E-state index contributed by atoms with van der Waals surface area (Å²) >= 11 is 0. The van der Waals surface area contributed by atoms with E-state index in [2.05, 4.69) is 10.6 Å². The predicted molar refractivity (Wildman–Crippen MR) is 86.7 cm³/mol. The van der Waals surface area contributed by atoms with Gasteiger partial charge in [0.2, 0.25) is 17.7 Å². The third-order valence-corrected chi connectivity index (χ3v) is 3.20. The molecule has 3 amide bonds. The molecule has 0 aliphatic rings. The van der Waals surface area contributed by atoms with E-state index >= 15 is 0 Å². The van der Waals surface area contributed by atoms with E-state index in [-0.39, 0.29) is 30.3 Å². The van der Waals surface area contributed by atoms with Gasteiger partial charge in [0.1, 0.15) is 6.54 Å². The van der Waals surface area contributed by atoms with Crippen molar-refractivity contribution in [3.63, 3.8) is 0 Å². The third-order valence-electron chi connectivity index (χ3n) is 3.20. The van der Waals surface area contributed by atoms with Gasteiger partial charge < -0.3 is 15.5 Å². The van der Waals surface area contributed by atoms with Crippen LogP contribution < -0.4 is 15.5 Å². The Balaban J connectivity index is 2.80. The van der Waals surface area contributed by atoms with Crippen LogP contribution in [0.2, 0.25) is 0 Å². The molecule has 0 saturated carbocycles. The number of benzene rings is 1. The minimum absolute atomic E-state index is 0.0286. The number of carbonyl (C=O) groups is 3. The average molecular weight is 305 g/mol. The van der Waals surface area contributed by atoms with Crippen LogP contribution in [0.4, 0.5) is 11.4 Å². The first-order valence-corrected chi connectivity index (χ1v) is 7.28. The van der Waals surface area contributed by atoms with E-state index in [1.807, 2.05) is 13.8 Å². The van der Waals surface area contributed by atoms with Crippen LogP contribution in [0.1, 0.15) is 34.1 Å². The second-order valence-electron chi connectivity index (χ2n) is 5.21. The Labute approximate surface area is 130 Å². The Bertz CT molecular complexity index is 540. The van der Waals surface area contributed by atoms with E-state index in [9.17, 15) is 14.4 Å². The fraction of sp³-hybridized carbons (Fsp3) is 0.438. The lowest BCUT2D eigenvalue weighted by Crippen LogP contribution is -2.42. The molecule has 0 heterocycles. The molecule has 0 radical (unpaired) electrons. The Morgan fingerprint density at radius 2 is 1.73 bits per heavy atom. The lowest BCUT2D eigenvalue weighted by molar-refractivity contribution is -0.123. The molecule has 6 nitrogen and oxygen atoms in total. The number of hydrogen-bond acceptors (Lipinski definition) is 3. The number of nitrogens with zero attached hydrogens (tertiary/aromatic N) is 1. The molecule has 1 rings (SSSR count). The first-order chi connectivity index (χ1) is 10.3. The van der Waals surface area contributed by atoms with E-state index < -0.39 is 0 Å². The van der Waals surface area contributed by atoms with Gasteiger partial charge in [-0.2, -0.15) is 0 Å². The molecule has 0 aliphatic carbocycles. The maximum absolute atomic E-state index is 12.0. The first kappa shape index (κ1) is 17.7. The first-order valence-electron chi connectivity index (χ1n) is 7.28. The van der Waals surface area contributed by atoms with Gasteiger partial charge in [-0.3, -0.25) is 14.4 Å². The van der Waals surface area contributed by atoms with Crippen LogP contribution in [0.15, 0.2) is 24.3 Å². The fourth-order valence-corrected chi connectivity index (χ4v) is 1.88. The highest BCUT2D eigenvalue weighted by atomic mass is 16.2. The molecule has 2 N–H and O–H groups in total. The summed E-state index contributed by atoms with van der Waals surface area (Å²) in [5.41, 5.74) is 1.25. The van der Waals surface area contributed by atoms with Crippen LogP contribution in [0, 0.1) is 0 Å². The largest absolute Gasteiger partial charge is 0.352 e. The van der Waals surface area contributed by atoms with Crippen molar-refractivity contribution < 1.29 is 14.4 Å². The van der Waals surface area contributed by atoms with E-state index in [0.29, 0.717) is 11.4 Å². The van der Waals surface area contributed by atoms with Gasteiger partial charge in [0, 0.05) is 31.3 Å². The van der Waals surface area contributed by atoms with E-state index in [1.54, 1.807) is 24.3 Å². The number of carbonyl (C=O) groups excluding carboxylic acids is 3. The standard InChI is InChI=1S/C16H23N3O3/c1-5-11(2)17-16(22)10-19(13(4)21)15-8-6-14(7-9-15)18-12(3)20/h6-9,11H,5,10H2,1-4H3,(H,17,22)(H,18,20). The zero-order valence-corrected chi connectivity index (χ0v) is 13.5. The van der Waals surface area contributed by atoms with Crippen molar-refractivity contribution in [3.8, 4) is 0 Å². The molecule has 1 aromatic carbocycles. The van der Waals surface area contributed by atoms with Crippen molar-refractivity contribution in [2.24, 2.45) is 0 Å². The minimum Gasteiger partial charge on any atom is -0.352 e. The molecule has 0 fully saturated rings. The van der Waals surface area contributed by atoms with Gasteiger partial charge in [-0.1, -0.05) is 6.92 Å². The van der Waals surface area contributed by atoms with Gasteiger partial charge >= 0.3 is 0 Å². The van der Waals surface area contributed by atoms with E-state index in [0.717, 1.165) is 6.42 Å². The van der Waals surface area contributed by atoms with Gasteiger partial charge in [-0.25, -0.2) is 0 Å². The molecule has 22 heavy (non-hydrogen) atoms. The van der Waals surface area contributed by atoms with Crippen LogP contribution >= 0.6 is 0 Å². The van der Waals surface area contributed by atoms with E-state index in [1.165, 1.54) is 18.7 Å². The highest BCUT2D eigenvalue weighted by Gasteiger charge is 2.16. The smallest absolute Gasteiger partial charge is 0.240 e. The minimum atomic E-state index is -0.216. The molecule has 0 bridgehead atoms. The van der Waals surface area contributed by atoms with Crippen molar-refractivity contribution in [3.05, 3.63) is 24.3 Å². The highest BCUT2D eigenvalue weighted by molar-refractivity contribution is 5.98. The van der Waals surface area contributed by atoms with Crippen molar-refractivity contribution >= 4 is 29.1 Å². The third kappa shape index (κ3) is 5.55. The van der Waals surface area contributed by atoms with Gasteiger partial charge in [0.15, 0.2) is 0 Å². The molecular formula is C16H23N3O3. The summed E-state index contributed by atoms with van der Waals surface area (Å²) in [5, 5.41) is 5.49. The van der Waals surface area contributed by atoms with Crippen molar-refractivity contribution in [2.75, 3.05) is 16.8 Å². The topological polar surface area (TPSA) is 78.5 Å². The Kier molecular flexibility index (Phi) is 6.56. The van der Waals surface area contributed by atoms with Crippen LogP contribution in [0.5, 0.6) is 0 Å². The normalized spacial score (nSPS) is 11.5. The molecule has 120 valence electrons. The summed E-state index contributed by atoms with van der Waals surface area (Å²) in [5.74, 6) is -0.578. The Hall–Kier alpha value is -2.37. The lowest BCUT2D eigenvalue weighted by Gasteiger charge is -2.22. The monoisotopic (exact) mass is 305 g/mol. The number of anilines is 2. The van der Waals surface area contributed by atoms with Crippen LogP contribution in [0.3, 0.4) is 0 Å². The molecule has 6 heteroatoms. The van der Waals surface area contributed by atoms with Crippen molar-refractivity contribution in [1.82, 2.24) is 5.32 Å². The van der Waals surface area contributed by atoms with Gasteiger partial charge in [0.05, 0.1) is 0 Å². The number of amides is 3. The van der Waals surface area contributed by atoms with Gasteiger partial charge in [-0.15, -0.1) is 0 Å². The second-order valence-corrected chi connectivity index (χ2v) is 5.21. The zero-order valence-electron chi connectivity index (χ0n) is 13.5. The number of rotatable bonds is 6. The molecule has 0 aliphatic heterocycles. The van der Waals surface area contributed by atoms with Crippen LogP contribution in [-0.2, 0) is 14.4 Å². The summed E-state index contributed by atoms with van der Waals surface area (Å²) in [6, 6.07) is 6.86. The maximum Gasteiger partial charge on any atom is 0.240 e. The lowest BCUT2D eigenvalue weighted by atomic mass is 10.2. The fourth-order valence-electron chi connectivity index (χ4n) is 1.88. The molecule has 1 atom stereocenters. The average Bonchev–Trinajstić information content (AvgIpc) is 2.44. The molecule has 0 aromatic heterocycles. The van der Waals surface area contributed by atoms with Crippen molar-refractivity contribution in [1.29, 1.82) is 0 Å². The second kappa shape index (κ2) is 8.17. The summed E-state index contributed by atoms with van der Waals surface area (Å²) in [7, 11) is 0. The Morgan fingerprint density at radius 3 is 2.18 bits per heavy atom.